The highest BCUT2D eigenvalue weighted by Gasteiger charge is 2.13. The Morgan fingerprint density at radius 1 is 1.35 bits per heavy atom. The van der Waals surface area contributed by atoms with Crippen molar-refractivity contribution in [1.82, 2.24) is 10.2 Å². The minimum atomic E-state index is 0.0416. The van der Waals surface area contributed by atoms with Gasteiger partial charge in [0.2, 0.25) is 0 Å². The fraction of sp³-hybridized carbons (Fsp3) is 0.286. The molecule has 0 aliphatic carbocycles. The predicted octanol–water partition coefficient (Wildman–Crippen LogP) is 3.84. The molecular formula is C14H16ClN3O2. The minimum Gasteiger partial charge on any atom is -0.504 e. The molecule has 0 aliphatic rings. The van der Waals surface area contributed by atoms with Crippen molar-refractivity contribution in [2.24, 2.45) is 0 Å². The highest BCUT2D eigenvalue weighted by atomic mass is 35.5. The van der Waals surface area contributed by atoms with Crippen molar-refractivity contribution in [1.29, 1.82) is 0 Å². The zero-order chi connectivity index (χ0) is 14.4. The number of nitrogens with one attached hydrogen (secondary N) is 1. The molecule has 0 spiro atoms. The summed E-state index contributed by atoms with van der Waals surface area (Å²) in [5.74, 6) is 0.722. The van der Waals surface area contributed by atoms with Crippen molar-refractivity contribution in [3.8, 4) is 17.2 Å². The Morgan fingerprint density at radius 3 is 2.90 bits per heavy atom. The van der Waals surface area contributed by atoms with Gasteiger partial charge in [-0.25, -0.2) is 0 Å². The van der Waals surface area contributed by atoms with Crippen LogP contribution in [0.2, 0.25) is 5.15 Å². The van der Waals surface area contributed by atoms with E-state index in [0.29, 0.717) is 17.2 Å². The molecule has 0 unspecified atom stereocenters. The number of ether oxygens (including phenoxy) is 1. The van der Waals surface area contributed by atoms with E-state index in [1.807, 2.05) is 0 Å². The lowest BCUT2D eigenvalue weighted by atomic mass is 10.3. The van der Waals surface area contributed by atoms with Gasteiger partial charge in [-0.05, 0) is 18.6 Å². The lowest BCUT2D eigenvalue weighted by Crippen LogP contribution is -2.04. The molecule has 1 aromatic carbocycles. The number of halogens is 1. The molecule has 0 radical (unpaired) electrons. The first kappa shape index (κ1) is 14.4. The average molecular weight is 294 g/mol. The van der Waals surface area contributed by atoms with Crippen LogP contribution < -0.4 is 10.1 Å². The van der Waals surface area contributed by atoms with Crippen LogP contribution in [0.5, 0.6) is 17.2 Å². The first-order valence-corrected chi connectivity index (χ1v) is 6.81. The van der Waals surface area contributed by atoms with E-state index >= 15 is 0 Å². The first-order chi connectivity index (χ1) is 9.72. The fourth-order valence-corrected chi connectivity index (χ4v) is 1.81. The maximum Gasteiger partial charge on any atom is 0.196 e. The Morgan fingerprint density at radius 2 is 2.15 bits per heavy atom. The second-order valence-corrected chi connectivity index (χ2v) is 4.59. The Balaban J connectivity index is 2.23. The number of phenolic OH excluding ortho intramolecular Hbond substituents is 1. The van der Waals surface area contributed by atoms with Crippen LogP contribution in [0.3, 0.4) is 0 Å². The van der Waals surface area contributed by atoms with Crippen LogP contribution in [0.4, 0.5) is 5.69 Å². The van der Waals surface area contributed by atoms with Gasteiger partial charge < -0.3 is 15.2 Å². The van der Waals surface area contributed by atoms with Gasteiger partial charge in [-0.2, -0.15) is 5.10 Å². The van der Waals surface area contributed by atoms with Crippen molar-refractivity contribution in [2.75, 3.05) is 11.9 Å². The van der Waals surface area contributed by atoms with E-state index in [1.54, 1.807) is 30.5 Å². The highest BCUT2D eigenvalue weighted by molar-refractivity contribution is 6.31. The Hall–Kier alpha value is -2.01. The number of phenols is 1. The van der Waals surface area contributed by atoms with Crippen LogP contribution in [0.1, 0.15) is 19.8 Å². The maximum atomic E-state index is 9.74. The molecule has 0 atom stereocenters. The fourth-order valence-electron chi connectivity index (χ4n) is 1.63. The van der Waals surface area contributed by atoms with Crippen LogP contribution in [-0.2, 0) is 0 Å². The number of hydrogen-bond acceptors (Lipinski definition) is 5. The summed E-state index contributed by atoms with van der Waals surface area (Å²) in [5.41, 5.74) is 0.654. The number of nitrogens with zero attached hydrogens (tertiary/aromatic N) is 2. The summed E-state index contributed by atoms with van der Waals surface area (Å²) in [6.07, 6.45) is 3.65. The summed E-state index contributed by atoms with van der Waals surface area (Å²) in [6, 6.07) is 6.68. The molecule has 1 heterocycles. The van der Waals surface area contributed by atoms with Gasteiger partial charge in [0, 0.05) is 6.54 Å². The minimum absolute atomic E-state index is 0.0416. The quantitative estimate of drug-likeness (QED) is 0.792. The molecular weight excluding hydrogens is 278 g/mol. The lowest BCUT2D eigenvalue weighted by Gasteiger charge is -2.13. The molecule has 2 rings (SSSR count). The summed E-state index contributed by atoms with van der Waals surface area (Å²) in [7, 11) is 0. The standard InChI is InChI=1S/C14H16ClN3O2/c1-2-3-8-16-10-9-17-18-14(15)13(10)20-12-7-5-4-6-11(12)19/h4-7,9,19H,2-3,8H2,1H3,(H,16,18). The number of unbranched alkanes of at least 4 members (excludes halogenated alkanes) is 1. The summed E-state index contributed by atoms with van der Waals surface area (Å²) < 4.78 is 5.65. The number of para-hydroxylation sites is 2. The normalized spacial score (nSPS) is 10.3. The third kappa shape index (κ3) is 3.51. The number of rotatable bonds is 6. The third-order valence-electron chi connectivity index (χ3n) is 2.69. The molecule has 106 valence electrons. The molecule has 0 amide bonds. The molecule has 0 saturated heterocycles. The smallest absolute Gasteiger partial charge is 0.196 e. The lowest BCUT2D eigenvalue weighted by molar-refractivity contribution is 0.411. The Bertz CT molecular complexity index is 578. The van der Waals surface area contributed by atoms with Crippen LogP contribution in [0, 0.1) is 0 Å². The number of aromatic hydroxyl groups is 1. The zero-order valence-corrected chi connectivity index (χ0v) is 11.9. The molecule has 0 bridgehead atoms. The van der Waals surface area contributed by atoms with E-state index in [4.69, 9.17) is 16.3 Å². The zero-order valence-electron chi connectivity index (χ0n) is 11.1. The molecule has 0 fully saturated rings. The van der Waals surface area contributed by atoms with Crippen molar-refractivity contribution in [3.63, 3.8) is 0 Å². The maximum absolute atomic E-state index is 9.74. The van der Waals surface area contributed by atoms with Gasteiger partial charge >= 0.3 is 0 Å². The molecule has 5 nitrogen and oxygen atoms in total. The molecule has 6 heteroatoms. The number of benzene rings is 1. The van der Waals surface area contributed by atoms with Gasteiger partial charge in [0.25, 0.3) is 0 Å². The summed E-state index contributed by atoms with van der Waals surface area (Å²) in [5, 5.41) is 20.7. The molecule has 20 heavy (non-hydrogen) atoms. The molecule has 0 saturated carbocycles. The second-order valence-electron chi connectivity index (χ2n) is 4.23. The van der Waals surface area contributed by atoms with E-state index in [9.17, 15) is 5.11 Å². The first-order valence-electron chi connectivity index (χ1n) is 6.43. The van der Waals surface area contributed by atoms with Crippen LogP contribution >= 0.6 is 11.6 Å². The number of anilines is 1. The third-order valence-corrected chi connectivity index (χ3v) is 2.93. The monoisotopic (exact) mass is 293 g/mol. The molecule has 0 aliphatic heterocycles. The van der Waals surface area contributed by atoms with Crippen LogP contribution in [-0.4, -0.2) is 21.8 Å². The predicted molar refractivity (Wildman–Crippen MR) is 78.6 cm³/mol. The Labute approximate surface area is 122 Å². The second kappa shape index (κ2) is 6.96. The molecule has 2 aromatic rings. The van der Waals surface area contributed by atoms with Crippen LogP contribution in [0.25, 0.3) is 0 Å². The van der Waals surface area contributed by atoms with Crippen molar-refractivity contribution >= 4 is 17.3 Å². The van der Waals surface area contributed by atoms with E-state index < -0.39 is 0 Å². The van der Waals surface area contributed by atoms with E-state index in [2.05, 4.69) is 22.4 Å². The summed E-state index contributed by atoms with van der Waals surface area (Å²) in [6.45, 7) is 2.90. The van der Waals surface area contributed by atoms with Gasteiger partial charge in [0.05, 0.1) is 6.20 Å². The van der Waals surface area contributed by atoms with Crippen molar-refractivity contribution in [3.05, 3.63) is 35.6 Å². The van der Waals surface area contributed by atoms with Crippen LogP contribution in [0.15, 0.2) is 30.5 Å². The number of aromatic nitrogens is 2. The van der Waals surface area contributed by atoms with Crippen molar-refractivity contribution in [2.45, 2.75) is 19.8 Å². The highest BCUT2D eigenvalue weighted by Crippen LogP contribution is 2.37. The van der Waals surface area contributed by atoms with E-state index in [1.165, 1.54) is 0 Å². The van der Waals surface area contributed by atoms with Gasteiger partial charge in [0.1, 0.15) is 5.69 Å². The van der Waals surface area contributed by atoms with Gasteiger partial charge in [-0.15, -0.1) is 5.10 Å². The summed E-state index contributed by atoms with van der Waals surface area (Å²) >= 11 is 6.02. The number of hydrogen-bond donors (Lipinski definition) is 2. The van der Waals surface area contributed by atoms with Crippen molar-refractivity contribution < 1.29 is 9.84 Å². The SMILES string of the molecule is CCCCNc1cnnc(Cl)c1Oc1ccccc1O. The van der Waals surface area contributed by atoms with E-state index in [0.717, 1.165) is 19.4 Å². The molecule has 2 N–H and O–H groups in total. The Kier molecular flexibility index (Phi) is 5.01. The average Bonchev–Trinajstić information content (AvgIpc) is 2.44. The summed E-state index contributed by atoms with van der Waals surface area (Å²) in [4.78, 5) is 0. The van der Waals surface area contributed by atoms with Gasteiger partial charge in [0.15, 0.2) is 22.4 Å². The topological polar surface area (TPSA) is 67.3 Å². The largest absolute Gasteiger partial charge is 0.504 e. The van der Waals surface area contributed by atoms with E-state index in [-0.39, 0.29) is 10.9 Å². The van der Waals surface area contributed by atoms with Gasteiger partial charge in [-0.1, -0.05) is 37.1 Å². The molecule has 1 aromatic heterocycles. The van der Waals surface area contributed by atoms with Gasteiger partial charge in [-0.3, -0.25) is 0 Å².